The number of rotatable bonds is 4. The van der Waals surface area contributed by atoms with Crippen LogP contribution in [0.5, 0.6) is 0 Å². The van der Waals surface area contributed by atoms with Gasteiger partial charge in [0, 0.05) is 6.42 Å². The second-order valence-corrected chi connectivity index (χ2v) is 7.90. The molecule has 1 N–H and O–H groups in total. The first-order valence-corrected chi connectivity index (χ1v) is 8.52. The van der Waals surface area contributed by atoms with Crippen molar-refractivity contribution in [1.29, 1.82) is 0 Å². The molecule has 0 radical (unpaired) electrons. The number of aliphatic carboxylic acids is 1. The Morgan fingerprint density at radius 1 is 1.38 bits per heavy atom. The molecule has 0 unspecified atom stereocenters. The first-order chi connectivity index (χ1) is 10.1. The summed E-state index contributed by atoms with van der Waals surface area (Å²) in [5.74, 6) is 0.191. The van der Waals surface area contributed by atoms with E-state index in [4.69, 9.17) is 4.52 Å². The summed E-state index contributed by atoms with van der Waals surface area (Å²) in [6.45, 7) is 0. The zero-order valence-corrected chi connectivity index (χ0v) is 13.7. The van der Waals surface area contributed by atoms with Crippen LogP contribution in [0.4, 0.5) is 0 Å². The average Bonchev–Trinajstić information content (AvgIpc) is 3.08. The highest BCUT2D eigenvalue weighted by molar-refractivity contribution is 9.11. The molecule has 1 saturated carbocycles. The Morgan fingerprint density at radius 2 is 2.14 bits per heavy atom. The molecule has 1 aliphatic carbocycles. The van der Waals surface area contributed by atoms with Gasteiger partial charge in [-0.2, -0.15) is 4.98 Å². The van der Waals surface area contributed by atoms with Crippen LogP contribution in [0.1, 0.15) is 38.0 Å². The highest BCUT2D eigenvalue weighted by Gasteiger charge is 2.41. The number of thiophene rings is 1. The van der Waals surface area contributed by atoms with Crippen molar-refractivity contribution in [2.24, 2.45) is 5.41 Å². The van der Waals surface area contributed by atoms with E-state index in [9.17, 15) is 9.90 Å². The molecule has 2 aromatic heterocycles. The van der Waals surface area contributed by atoms with Gasteiger partial charge in [0.05, 0.1) is 14.1 Å². The van der Waals surface area contributed by atoms with Gasteiger partial charge in [-0.3, -0.25) is 4.79 Å². The summed E-state index contributed by atoms with van der Waals surface area (Å²) in [6.07, 6.45) is 4.70. The minimum absolute atomic E-state index is 0.321. The number of hydrogen-bond acceptors (Lipinski definition) is 5. The van der Waals surface area contributed by atoms with E-state index in [1.807, 2.05) is 12.1 Å². The Hall–Kier alpha value is -1.21. The summed E-state index contributed by atoms with van der Waals surface area (Å²) in [5, 5.41) is 13.5. The van der Waals surface area contributed by atoms with Crippen molar-refractivity contribution in [3.05, 3.63) is 21.8 Å². The Balaban J connectivity index is 1.81. The van der Waals surface area contributed by atoms with E-state index in [0.29, 0.717) is 31.0 Å². The predicted molar refractivity (Wildman–Crippen MR) is 82.2 cm³/mol. The van der Waals surface area contributed by atoms with Crippen molar-refractivity contribution in [2.45, 2.75) is 38.5 Å². The lowest BCUT2D eigenvalue weighted by Crippen LogP contribution is -2.35. The van der Waals surface area contributed by atoms with E-state index in [2.05, 4.69) is 26.1 Å². The lowest BCUT2D eigenvalue weighted by Gasteiger charge is -2.31. The summed E-state index contributed by atoms with van der Waals surface area (Å²) in [5.41, 5.74) is -0.738. The van der Waals surface area contributed by atoms with Crippen LogP contribution in [0.2, 0.25) is 0 Å². The second kappa shape index (κ2) is 5.88. The minimum Gasteiger partial charge on any atom is -0.481 e. The smallest absolute Gasteiger partial charge is 0.310 e. The van der Waals surface area contributed by atoms with Crippen LogP contribution in [0.3, 0.4) is 0 Å². The van der Waals surface area contributed by atoms with Crippen molar-refractivity contribution in [1.82, 2.24) is 10.1 Å². The zero-order chi connectivity index (χ0) is 14.9. The molecule has 0 amide bonds. The van der Waals surface area contributed by atoms with Crippen LogP contribution >= 0.6 is 27.3 Å². The van der Waals surface area contributed by atoms with Gasteiger partial charge in [0.1, 0.15) is 0 Å². The number of halogens is 1. The van der Waals surface area contributed by atoms with Crippen LogP contribution in [0, 0.1) is 5.41 Å². The van der Waals surface area contributed by atoms with E-state index in [0.717, 1.165) is 27.9 Å². The summed E-state index contributed by atoms with van der Waals surface area (Å²) in [6, 6.07) is 3.84. The molecular weight excluding hydrogens is 356 g/mol. The normalized spacial score (nSPS) is 17.8. The summed E-state index contributed by atoms with van der Waals surface area (Å²) in [4.78, 5) is 16.9. The van der Waals surface area contributed by atoms with Crippen LogP contribution in [-0.2, 0) is 11.2 Å². The first kappa shape index (κ1) is 14.7. The number of carboxylic acids is 1. The van der Waals surface area contributed by atoms with Gasteiger partial charge in [-0.05, 0) is 40.9 Å². The zero-order valence-electron chi connectivity index (χ0n) is 11.3. The van der Waals surface area contributed by atoms with Gasteiger partial charge in [0.25, 0.3) is 0 Å². The summed E-state index contributed by atoms with van der Waals surface area (Å²) in [7, 11) is 0. The van der Waals surface area contributed by atoms with Gasteiger partial charge in [0.2, 0.25) is 11.7 Å². The van der Waals surface area contributed by atoms with Crippen molar-refractivity contribution in [3.63, 3.8) is 0 Å². The lowest BCUT2D eigenvalue weighted by atomic mass is 9.72. The molecule has 0 atom stereocenters. The largest absolute Gasteiger partial charge is 0.481 e. The van der Waals surface area contributed by atoms with Crippen molar-refractivity contribution in [3.8, 4) is 10.7 Å². The molecule has 7 heteroatoms. The van der Waals surface area contributed by atoms with Gasteiger partial charge in [-0.25, -0.2) is 0 Å². The molecule has 0 bridgehead atoms. The fraction of sp³-hybridized carbons (Fsp3) is 0.500. The number of nitrogens with zero attached hydrogens (tertiary/aromatic N) is 2. The van der Waals surface area contributed by atoms with E-state index in [1.165, 1.54) is 11.3 Å². The highest BCUT2D eigenvalue weighted by atomic mass is 79.9. The fourth-order valence-corrected chi connectivity index (χ4v) is 4.16. The van der Waals surface area contributed by atoms with Gasteiger partial charge in [0.15, 0.2) is 0 Å². The van der Waals surface area contributed by atoms with Crippen LogP contribution in [0.25, 0.3) is 10.7 Å². The molecule has 21 heavy (non-hydrogen) atoms. The molecule has 3 rings (SSSR count). The topological polar surface area (TPSA) is 76.2 Å². The third-order valence-corrected chi connectivity index (χ3v) is 5.64. The second-order valence-electron chi connectivity index (χ2n) is 5.44. The first-order valence-electron chi connectivity index (χ1n) is 6.91. The molecule has 112 valence electrons. The van der Waals surface area contributed by atoms with Gasteiger partial charge in [-0.15, -0.1) is 11.3 Å². The summed E-state index contributed by atoms with van der Waals surface area (Å²) >= 11 is 4.92. The van der Waals surface area contributed by atoms with Gasteiger partial charge >= 0.3 is 5.97 Å². The maximum atomic E-state index is 11.7. The Labute approximate surface area is 134 Å². The number of hydrogen-bond donors (Lipinski definition) is 1. The fourth-order valence-electron chi connectivity index (χ4n) is 2.85. The molecule has 1 aliphatic rings. The van der Waals surface area contributed by atoms with E-state index >= 15 is 0 Å². The Kier molecular flexibility index (Phi) is 4.12. The third kappa shape index (κ3) is 3.03. The van der Waals surface area contributed by atoms with Crippen LogP contribution in [0.15, 0.2) is 20.4 Å². The molecule has 0 aromatic carbocycles. The molecule has 0 aliphatic heterocycles. The molecule has 0 spiro atoms. The number of aromatic nitrogens is 2. The van der Waals surface area contributed by atoms with Gasteiger partial charge < -0.3 is 9.63 Å². The van der Waals surface area contributed by atoms with Gasteiger partial charge in [-0.1, -0.05) is 24.4 Å². The van der Waals surface area contributed by atoms with Crippen molar-refractivity contribution >= 4 is 33.2 Å². The van der Waals surface area contributed by atoms with Crippen LogP contribution in [-0.4, -0.2) is 21.2 Å². The number of carboxylic acid groups (broad SMARTS) is 1. The number of carbonyl (C=O) groups is 1. The molecule has 0 saturated heterocycles. The molecule has 5 nitrogen and oxygen atoms in total. The summed E-state index contributed by atoms with van der Waals surface area (Å²) < 4.78 is 6.27. The van der Waals surface area contributed by atoms with Crippen molar-refractivity contribution in [2.75, 3.05) is 0 Å². The quantitative estimate of drug-likeness (QED) is 0.874. The van der Waals surface area contributed by atoms with E-state index in [-0.39, 0.29) is 0 Å². The van der Waals surface area contributed by atoms with E-state index in [1.54, 1.807) is 0 Å². The molecule has 2 aromatic rings. The third-order valence-electron chi connectivity index (χ3n) is 4.02. The highest BCUT2D eigenvalue weighted by Crippen LogP contribution is 2.39. The molecule has 2 heterocycles. The standard InChI is InChI=1S/C14H15BrN2O3S/c15-10-5-4-9(21-10)12-16-11(20-17-12)8-14(13(18)19)6-2-1-3-7-14/h4-5H,1-3,6-8H2,(H,18,19). The SMILES string of the molecule is O=C(O)C1(Cc2nc(-c3ccc(Br)s3)no2)CCCCC1. The van der Waals surface area contributed by atoms with E-state index < -0.39 is 11.4 Å². The molecule has 1 fully saturated rings. The monoisotopic (exact) mass is 370 g/mol. The predicted octanol–water partition coefficient (Wildman–Crippen LogP) is 4.14. The average molecular weight is 371 g/mol. The molecular formula is C14H15BrN2O3S. The Bertz CT molecular complexity index is 646. The maximum Gasteiger partial charge on any atom is 0.310 e. The minimum atomic E-state index is -0.749. The lowest BCUT2D eigenvalue weighted by molar-refractivity contribution is -0.151. The van der Waals surface area contributed by atoms with Crippen molar-refractivity contribution < 1.29 is 14.4 Å². The Morgan fingerprint density at radius 3 is 2.76 bits per heavy atom. The van der Waals surface area contributed by atoms with Crippen LogP contribution < -0.4 is 0 Å². The maximum absolute atomic E-state index is 11.7.